The first-order chi connectivity index (χ1) is 10.3. The maximum Gasteiger partial charge on any atom is 0.220 e. The minimum Gasteiger partial charge on any atom is -0.354 e. The molecule has 1 N–H and O–H groups in total. The lowest BCUT2D eigenvalue weighted by atomic mass is 10.0. The molecule has 0 spiro atoms. The van der Waals surface area contributed by atoms with Gasteiger partial charge < -0.3 is 5.32 Å². The molecule has 0 aliphatic carbocycles. The number of nitrogens with one attached hydrogen (secondary N) is 1. The van der Waals surface area contributed by atoms with Crippen molar-refractivity contribution in [2.45, 2.75) is 51.5 Å². The van der Waals surface area contributed by atoms with Crippen LogP contribution in [0.5, 0.6) is 0 Å². The predicted molar refractivity (Wildman–Crippen MR) is 87.1 cm³/mol. The number of carbonyl (C=O) groups excluding carboxylic acids is 1. The lowest BCUT2D eigenvalue weighted by molar-refractivity contribution is -0.121. The molecule has 1 saturated heterocycles. The largest absolute Gasteiger partial charge is 0.354 e. The van der Waals surface area contributed by atoms with Gasteiger partial charge in [0, 0.05) is 13.0 Å². The molecule has 3 heteroatoms. The molecule has 1 heterocycles. The van der Waals surface area contributed by atoms with E-state index < -0.39 is 0 Å². The number of carbonyl (C=O) groups is 1. The first-order valence-corrected chi connectivity index (χ1v) is 8.37. The Kier molecular flexibility index (Phi) is 6.74. The van der Waals surface area contributed by atoms with Crippen LogP contribution in [0.3, 0.4) is 0 Å². The van der Waals surface area contributed by atoms with E-state index >= 15 is 0 Å². The molecule has 1 amide bonds. The van der Waals surface area contributed by atoms with E-state index in [2.05, 4.69) is 47.5 Å². The zero-order valence-corrected chi connectivity index (χ0v) is 13.2. The van der Waals surface area contributed by atoms with Crippen molar-refractivity contribution in [3.05, 3.63) is 35.9 Å². The van der Waals surface area contributed by atoms with E-state index in [-0.39, 0.29) is 5.91 Å². The molecule has 2 rings (SSSR count). The van der Waals surface area contributed by atoms with Crippen LogP contribution in [-0.4, -0.2) is 30.4 Å². The van der Waals surface area contributed by atoms with Crippen molar-refractivity contribution in [1.82, 2.24) is 10.2 Å². The summed E-state index contributed by atoms with van der Waals surface area (Å²) in [5, 5.41) is 3.13. The normalized spacial score (nSPS) is 17.4. The van der Waals surface area contributed by atoms with Crippen LogP contribution in [0, 0.1) is 0 Å². The third-order valence-electron chi connectivity index (χ3n) is 4.27. The molecule has 21 heavy (non-hydrogen) atoms. The fourth-order valence-corrected chi connectivity index (χ4v) is 3.00. The van der Waals surface area contributed by atoms with Gasteiger partial charge in [0.25, 0.3) is 0 Å². The molecule has 0 bridgehead atoms. The predicted octanol–water partition coefficient (Wildman–Crippen LogP) is 3.52. The molecular formula is C18H28N2O. The van der Waals surface area contributed by atoms with Crippen molar-refractivity contribution >= 4 is 5.91 Å². The standard InChI is InChI=1S/C18H28N2O/c1-2-3-12-18(21)19-15-17(16-10-6-4-7-11-16)20-13-8-5-9-14-20/h4,6-7,10-11,17H,2-3,5,8-9,12-15H2,1H3,(H,19,21). The SMILES string of the molecule is CCCCC(=O)NCC(c1ccccc1)N1CCCCC1. The number of nitrogens with zero attached hydrogens (tertiary/aromatic N) is 1. The summed E-state index contributed by atoms with van der Waals surface area (Å²) in [5.74, 6) is 0.190. The van der Waals surface area contributed by atoms with Crippen molar-refractivity contribution in [3.8, 4) is 0 Å². The van der Waals surface area contributed by atoms with Crippen LogP contribution < -0.4 is 5.32 Å². The fourth-order valence-electron chi connectivity index (χ4n) is 3.00. The summed E-state index contributed by atoms with van der Waals surface area (Å²) in [6, 6.07) is 10.9. The highest BCUT2D eigenvalue weighted by atomic mass is 16.1. The molecule has 1 atom stereocenters. The minimum absolute atomic E-state index is 0.190. The molecule has 0 saturated carbocycles. The summed E-state index contributed by atoms with van der Waals surface area (Å²) in [6.45, 7) is 5.13. The molecule has 1 aliphatic heterocycles. The Morgan fingerprint density at radius 1 is 1.19 bits per heavy atom. The number of rotatable bonds is 7. The number of hydrogen-bond acceptors (Lipinski definition) is 2. The highest BCUT2D eigenvalue weighted by molar-refractivity contribution is 5.75. The molecule has 1 unspecified atom stereocenters. The van der Waals surface area contributed by atoms with Gasteiger partial charge in [0.15, 0.2) is 0 Å². The Hall–Kier alpha value is -1.35. The molecule has 1 aromatic carbocycles. The van der Waals surface area contributed by atoms with Gasteiger partial charge in [-0.15, -0.1) is 0 Å². The van der Waals surface area contributed by atoms with Crippen LogP contribution in [0.25, 0.3) is 0 Å². The van der Waals surface area contributed by atoms with Crippen LogP contribution in [0.15, 0.2) is 30.3 Å². The van der Waals surface area contributed by atoms with Gasteiger partial charge in [0.1, 0.15) is 0 Å². The third kappa shape index (κ3) is 5.16. The van der Waals surface area contributed by atoms with Crippen LogP contribution in [0.4, 0.5) is 0 Å². The first kappa shape index (κ1) is 16.0. The van der Waals surface area contributed by atoms with E-state index in [0.717, 1.165) is 32.5 Å². The van der Waals surface area contributed by atoms with E-state index in [1.165, 1.54) is 24.8 Å². The lowest BCUT2D eigenvalue weighted by Gasteiger charge is -2.35. The molecule has 116 valence electrons. The third-order valence-corrected chi connectivity index (χ3v) is 4.27. The Morgan fingerprint density at radius 2 is 1.90 bits per heavy atom. The minimum atomic E-state index is 0.190. The molecule has 0 radical (unpaired) electrons. The van der Waals surface area contributed by atoms with Crippen molar-refractivity contribution in [1.29, 1.82) is 0 Å². The first-order valence-electron chi connectivity index (χ1n) is 8.37. The Bertz CT molecular complexity index is 412. The lowest BCUT2D eigenvalue weighted by Crippen LogP contribution is -2.40. The van der Waals surface area contributed by atoms with Gasteiger partial charge in [-0.05, 0) is 37.9 Å². The topological polar surface area (TPSA) is 32.3 Å². The number of amides is 1. The van der Waals surface area contributed by atoms with Crippen molar-refractivity contribution in [2.75, 3.05) is 19.6 Å². The van der Waals surface area contributed by atoms with Crippen LogP contribution in [0.2, 0.25) is 0 Å². The molecular weight excluding hydrogens is 260 g/mol. The monoisotopic (exact) mass is 288 g/mol. The average Bonchev–Trinajstić information content (AvgIpc) is 2.55. The maximum absolute atomic E-state index is 11.9. The maximum atomic E-state index is 11.9. The van der Waals surface area contributed by atoms with Crippen molar-refractivity contribution in [2.24, 2.45) is 0 Å². The second-order valence-electron chi connectivity index (χ2n) is 5.93. The summed E-state index contributed by atoms with van der Waals surface area (Å²) >= 11 is 0. The van der Waals surface area contributed by atoms with Crippen molar-refractivity contribution < 1.29 is 4.79 Å². The van der Waals surface area contributed by atoms with Gasteiger partial charge in [0.05, 0.1) is 6.04 Å². The van der Waals surface area contributed by atoms with Gasteiger partial charge >= 0.3 is 0 Å². The number of hydrogen-bond donors (Lipinski definition) is 1. The summed E-state index contributed by atoms with van der Waals surface area (Å²) in [6.07, 6.45) is 6.58. The smallest absolute Gasteiger partial charge is 0.220 e. The number of likely N-dealkylation sites (tertiary alicyclic amines) is 1. The van der Waals surface area contributed by atoms with E-state index in [1.807, 2.05) is 0 Å². The van der Waals surface area contributed by atoms with Crippen molar-refractivity contribution in [3.63, 3.8) is 0 Å². The van der Waals surface area contributed by atoms with E-state index in [1.54, 1.807) is 0 Å². The Balaban J connectivity index is 1.97. The highest BCUT2D eigenvalue weighted by Gasteiger charge is 2.22. The molecule has 0 aromatic heterocycles. The molecule has 1 aromatic rings. The second kappa shape index (κ2) is 8.83. The van der Waals surface area contributed by atoms with Gasteiger partial charge in [-0.25, -0.2) is 0 Å². The highest BCUT2D eigenvalue weighted by Crippen LogP contribution is 2.24. The zero-order chi connectivity index (χ0) is 14.9. The summed E-state index contributed by atoms with van der Waals surface area (Å²) in [5.41, 5.74) is 1.31. The van der Waals surface area contributed by atoms with E-state index in [9.17, 15) is 4.79 Å². The zero-order valence-electron chi connectivity index (χ0n) is 13.2. The molecule has 3 nitrogen and oxygen atoms in total. The van der Waals surface area contributed by atoms with Gasteiger partial charge in [0.2, 0.25) is 5.91 Å². The number of piperidine rings is 1. The van der Waals surface area contributed by atoms with E-state index in [4.69, 9.17) is 0 Å². The van der Waals surface area contributed by atoms with Gasteiger partial charge in [-0.1, -0.05) is 50.1 Å². The molecule has 1 aliphatic rings. The number of unbranched alkanes of at least 4 members (excludes halogenated alkanes) is 1. The quantitative estimate of drug-likeness (QED) is 0.832. The van der Waals surface area contributed by atoms with Crippen LogP contribution in [0.1, 0.15) is 57.1 Å². The average molecular weight is 288 g/mol. The summed E-state index contributed by atoms with van der Waals surface area (Å²) in [4.78, 5) is 14.4. The Labute approximate surface area is 128 Å². The van der Waals surface area contributed by atoms with Crippen LogP contribution >= 0.6 is 0 Å². The summed E-state index contributed by atoms with van der Waals surface area (Å²) in [7, 11) is 0. The van der Waals surface area contributed by atoms with E-state index in [0.29, 0.717) is 12.5 Å². The van der Waals surface area contributed by atoms with Crippen LogP contribution in [-0.2, 0) is 4.79 Å². The van der Waals surface area contributed by atoms with Gasteiger partial charge in [-0.2, -0.15) is 0 Å². The summed E-state index contributed by atoms with van der Waals surface area (Å²) < 4.78 is 0. The second-order valence-corrected chi connectivity index (χ2v) is 5.93. The molecule has 1 fully saturated rings. The fraction of sp³-hybridized carbons (Fsp3) is 0.611. The number of benzene rings is 1. The van der Waals surface area contributed by atoms with Gasteiger partial charge in [-0.3, -0.25) is 9.69 Å². The Morgan fingerprint density at radius 3 is 2.57 bits per heavy atom.